The van der Waals surface area contributed by atoms with Crippen molar-refractivity contribution in [1.29, 1.82) is 0 Å². The predicted molar refractivity (Wildman–Crippen MR) is 55.8 cm³/mol. The van der Waals surface area contributed by atoms with Crippen LogP contribution in [0.3, 0.4) is 0 Å². The molecule has 0 aliphatic rings. The molecule has 0 radical (unpaired) electrons. The van der Waals surface area contributed by atoms with E-state index in [1.165, 1.54) is 10.9 Å². The van der Waals surface area contributed by atoms with E-state index in [0.717, 1.165) is 0 Å². The number of aromatic nitrogens is 3. The topological polar surface area (TPSA) is 47.8 Å². The Morgan fingerprint density at radius 2 is 2.20 bits per heavy atom. The summed E-state index contributed by atoms with van der Waals surface area (Å²) in [7, 11) is 0. The highest BCUT2D eigenvalue weighted by Gasteiger charge is 2.10. The number of Topliss-reactive ketones (excluding diaryl/α,β-unsaturated/α-hetero) is 1. The van der Waals surface area contributed by atoms with Crippen LogP contribution >= 0.6 is 11.6 Å². The lowest BCUT2D eigenvalue weighted by Crippen LogP contribution is -2.11. The summed E-state index contributed by atoms with van der Waals surface area (Å²) in [4.78, 5) is 11.8. The van der Waals surface area contributed by atoms with Crippen molar-refractivity contribution in [1.82, 2.24) is 15.0 Å². The summed E-state index contributed by atoms with van der Waals surface area (Å²) in [6, 6.07) is 6.95. The summed E-state index contributed by atoms with van der Waals surface area (Å²) in [5.74, 6) is -0.0777. The van der Waals surface area contributed by atoms with Gasteiger partial charge in [0, 0.05) is 11.8 Å². The normalized spacial score (nSPS) is 10.2. The molecule has 1 aromatic carbocycles. The minimum Gasteiger partial charge on any atom is -0.292 e. The molecule has 0 N–H and O–H groups in total. The average molecular weight is 222 g/mol. The molecule has 0 atom stereocenters. The third kappa shape index (κ3) is 2.22. The molecular formula is C10H8ClN3O. The zero-order valence-electron chi connectivity index (χ0n) is 7.80. The first-order valence-corrected chi connectivity index (χ1v) is 4.77. The Kier molecular flexibility index (Phi) is 2.78. The lowest BCUT2D eigenvalue weighted by Gasteiger charge is -2.02. The standard InChI is InChI=1S/C10H8ClN3O/c11-9-4-2-1-3-8(9)10(15)7-14-6-5-12-13-14/h1-6H,7H2. The molecule has 76 valence electrons. The highest BCUT2D eigenvalue weighted by molar-refractivity contribution is 6.33. The van der Waals surface area contributed by atoms with Crippen LogP contribution in [0.5, 0.6) is 0 Å². The molecule has 0 fully saturated rings. The first-order valence-electron chi connectivity index (χ1n) is 4.39. The Hall–Kier alpha value is -1.68. The molecule has 2 aromatic rings. The van der Waals surface area contributed by atoms with Gasteiger partial charge in [-0.1, -0.05) is 28.9 Å². The number of ketones is 1. The number of benzene rings is 1. The van der Waals surface area contributed by atoms with Crippen LogP contribution in [0.15, 0.2) is 36.7 Å². The van der Waals surface area contributed by atoms with Crippen LogP contribution in [0.2, 0.25) is 5.02 Å². The lowest BCUT2D eigenvalue weighted by molar-refractivity contribution is 0.0967. The van der Waals surface area contributed by atoms with E-state index >= 15 is 0 Å². The fraction of sp³-hybridized carbons (Fsp3) is 0.100. The van der Waals surface area contributed by atoms with E-state index in [1.807, 2.05) is 0 Å². The third-order valence-corrected chi connectivity index (χ3v) is 2.28. The van der Waals surface area contributed by atoms with Crippen molar-refractivity contribution in [2.45, 2.75) is 6.54 Å². The van der Waals surface area contributed by atoms with E-state index in [0.29, 0.717) is 10.6 Å². The number of carbonyl (C=O) groups excluding carboxylic acids is 1. The Bertz CT molecular complexity index is 467. The van der Waals surface area contributed by atoms with Gasteiger partial charge in [0.05, 0.1) is 11.2 Å². The fourth-order valence-electron chi connectivity index (χ4n) is 1.24. The van der Waals surface area contributed by atoms with Crippen molar-refractivity contribution in [3.8, 4) is 0 Å². The van der Waals surface area contributed by atoms with Crippen LogP contribution in [0.1, 0.15) is 10.4 Å². The molecule has 1 heterocycles. The first-order chi connectivity index (χ1) is 7.27. The molecule has 15 heavy (non-hydrogen) atoms. The molecule has 0 spiro atoms. The summed E-state index contributed by atoms with van der Waals surface area (Å²) < 4.78 is 1.46. The van der Waals surface area contributed by atoms with Gasteiger partial charge < -0.3 is 0 Å². The Morgan fingerprint density at radius 1 is 1.40 bits per heavy atom. The fourth-order valence-corrected chi connectivity index (χ4v) is 1.48. The first kappa shape index (κ1) is 9.86. The molecular weight excluding hydrogens is 214 g/mol. The second-order valence-electron chi connectivity index (χ2n) is 3.00. The van der Waals surface area contributed by atoms with Gasteiger partial charge >= 0.3 is 0 Å². The zero-order valence-corrected chi connectivity index (χ0v) is 8.55. The molecule has 2 rings (SSSR count). The third-order valence-electron chi connectivity index (χ3n) is 1.95. The maximum absolute atomic E-state index is 11.8. The van der Waals surface area contributed by atoms with E-state index in [4.69, 9.17) is 11.6 Å². The van der Waals surface area contributed by atoms with Crippen LogP contribution in [-0.2, 0) is 6.54 Å². The molecule has 0 unspecified atom stereocenters. The summed E-state index contributed by atoms with van der Waals surface area (Å²) in [6.07, 6.45) is 3.16. The van der Waals surface area contributed by atoms with Crippen molar-refractivity contribution in [2.24, 2.45) is 0 Å². The quantitative estimate of drug-likeness (QED) is 0.743. The van der Waals surface area contributed by atoms with E-state index < -0.39 is 0 Å². The van der Waals surface area contributed by atoms with Crippen molar-refractivity contribution < 1.29 is 4.79 Å². The maximum Gasteiger partial charge on any atom is 0.185 e. The smallest absolute Gasteiger partial charge is 0.185 e. The van der Waals surface area contributed by atoms with Gasteiger partial charge in [0.15, 0.2) is 5.78 Å². The number of rotatable bonds is 3. The monoisotopic (exact) mass is 221 g/mol. The number of hydrogen-bond acceptors (Lipinski definition) is 3. The van der Waals surface area contributed by atoms with Gasteiger partial charge in [-0.15, -0.1) is 5.10 Å². The summed E-state index contributed by atoms with van der Waals surface area (Å²) in [5, 5.41) is 7.79. The molecule has 0 amide bonds. The van der Waals surface area contributed by atoms with Crippen molar-refractivity contribution in [3.63, 3.8) is 0 Å². The molecule has 1 aromatic heterocycles. The van der Waals surface area contributed by atoms with Gasteiger partial charge in [-0.2, -0.15) is 0 Å². The Balaban J connectivity index is 2.19. The minimum absolute atomic E-state index is 0.0777. The van der Waals surface area contributed by atoms with Crippen LogP contribution in [-0.4, -0.2) is 20.8 Å². The highest BCUT2D eigenvalue weighted by atomic mass is 35.5. The molecule has 0 saturated carbocycles. The number of nitrogens with zero attached hydrogens (tertiary/aromatic N) is 3. The Morgan fingerprint density at radius 3 is 2.87 bits per heavy atom. The van der Waals surface area contributed by atoms with Gasteiger partial charge in [0.1, 0.15) is 6.54 Å². The molecule has 0 aliphatic carbocycles. The van der Waals surface area contributed by atoms with E-state index in [2.05, 4.69) is 10.3 Å². The lowest BCUT2D eigenvalue weighted by atomic mass is 10.1. The van der Waals surface area contributed by atoms with Crippen molar-refractivity contribution >= 4 is 17.4 Å². The van der Waals surface area contributed by atoms with E-state index in [9.17, 15) is 4.79 Å². The predicted octanol–water partition coefficient (Wildman–Crippen LogP) is 1.81. The minimum atomic E-state index is -0.0777. The average Bonchev–Trinajstić information content (AvgIpc) is 2.71. The highest BCUT2D eigenvalue weighted by Crippen LogP contribution is 2.15. The molecule has 0 saturated heterocycles. The van der Waals surface area contributed by atoms with E-state index in [1.54, 1.807) is 30.5 Å². The van der Waals surface area contributed by atoms with Crippen LogP contribution < -0.4 is 0 Å². The number of hydrogen-bond donors (Lipinski definition) is 0. The SMILES string of the molecule is O=C(Cn1ccnn1)c1ccccc1Cl. The number of halogens is 1. The summed E-state index contributed by atoms with van der Waals surface area (Å²) in [6.45, 7) is 0.156. The van der Waals surface area contributed by atoms with Gasteiger partial charge in [-0.3, -0.25) is 4.79 Å². The Labute approximate surface area is 91.5 Å². The maximum atomic E-state index is 11.8. The van der Waals surface area contributed by atoms with Gasteiger partial charge in [-0.25, -0.2) is 4.68 Å². The van der Waals surface area contributed by atoms with E-state index in [-0.39, 0.29) is 12.3 Å². The van der Waals surface area contributed by atoms with Gasteiger partial charge in [0.25, 0.3) is 0 Å². The zero-order chi connectivity index (χ0) is 10.7. The molecule has 0 aliphatic heterocycles. The second kappa shape index (κ2) is 4.23. The molecule has 0 bridgehead atoms. The van der Waals surface area contributed by atoms with Crippen molar-refractivity contribution in [3.05, 3.63) is 47.2 Å². The number of carbonyl (C=O) groups is 1. The van der Waals surface area contributed by atoms with Crippen LogP contribution in [0, 0.1) is 0 Å². The second-order valence-corrected chi connectivity index (χ2v) is 3.41. The molecule has 5 heteroatoms. The largest absolute Gasteiger partial charge is 0.292 e. The van der Waals surface area contributed by atoms with Gasteiger partial charge in [0.2, 0.25) is 0 Å². The van der Waals surface area contributed by atoms with Crippen LogP contribution in [0.4, 0.5) is 0 Å². The van der Waals surface area contributed by atoms with Gasteiger partial charge in [-0.05, 0) is 12.1 Å². The summed E-state index contributed by atoms with van der Waals surface area (Å²) >= 11 is 5.89. The summed E-state index contributed by atoms with van der Waals surface area (Å²) in [5.41, 5.74) is 0.509. The van der Waals surface area contributed by atoms with Crippen molar-refractivity contribution in [2.75, 3.05) is 0 Å². The molecule has 4 nitrogen and oxygen atoms in total. The van der Waals surface area contributed by atoms with Crippen LogP contribution in [0.25, 0.3) is 0 Å².